The smallest absolute Gasteiger partial charge is 0.251 e. The Balaban J connectivity index is 1.66. The van der Waals surface area contributed by atoms with E-state index in [0.29, 0.717) is 29.5 Å². The molecule has 6 nitrogen and oxygen atoms in total. The van der Waals surface area contributed by atoms with E-state index in [0.717, 1.165) is 43.0 Å². The maximum atomic E-state index is 12.2. The Morgan fingerprint density at radius 1 is 1.10 bits per heavy atom. The molecule has 29 heavy (non-hydrogen) atoms. The van der Waals surface area contributed by atoms with Gasteiger partial charge in [0.15, 0.2) is 5.82 Å². The minimum Gasteiger partial charge on any atom is -0.369 e. The summed E-state index contributed by atoms with van der Waals surface area (Å²) in [5.74, 6) is 1.49. The van der Waals surface area contributed by atoms with Crippen LogP contribution in [0.1, 0.15) is 56.6 Å². The van der Waals surface area contributed by atoms with Crippen LogP contribution >= 0.6 is 0 Å². The molecule has 1 saturated carbocycles. The highest BCUT2D eigenvalue weighted by Crippen LogP contribution is 2.21. The third-order valence-electron chi connectivity index (χ3n) is 5.17. The van der Waals surface area contributed by atoms with Crippen molar-refractivity contribution >= 4 is 11.7 Å². The lowest BCUT2D eigenvalue weighted by Crippen LogP contribution is -2.40. The van der Waals surface area contributed by atoms with E-state index in [1.807, 2.05) is 37.3 Å². The van der Waals surface area contributed by atoms with Gasteiger partial charge in [-0.25, -0.2) is 9.97 Å². The molecule has 2 aromatic rings. The van der Waals surface area contributed by atoms with Crippen LogP contribution in [-0.4, -0.2) is 52.0 Å². The van der Waals surface area contributed by atoms with E-state index in [4.69, 9.17) is 0 Å². The van der Waals surface area contributed by atoms with Crippen LogP contribution in [0.25, 0.3) is 11.4 Å². The lowest BCUT2D eigenvalue weighted by Gasteiger charge is -2.30. The Morgan fingerprint density at radius 2 is 1.76 bits per heavy atom. The van der Waals surface area contributed by atoms with E-state index in [-0.39, 0.29) is 5.91 Å². The number of carbonyl (C=O) groups excluding carboxylic acids is 1. The van der Waals surface area contributed by atoms with E-state index in [1.165, 1.54) is 0 Å². The molecule has 0 radical (unpaired) electrons. The minimum atomic E-state index is -0.00794. The molecule has 2 N–H and O–H groups in total. The highest BCUT2D eigenvalue weighted by atomic mass is 16.1. The fourth-order valence-corrected chi connectivity index (χ4v) is 3.48. The predicted octanol–water partition coefficient (Wildman–Crippen LogP) is 3.87. The van der Waals surface area contributed by atoms with E-state index in [9.17, 15) is 4.79 Å². The molecule has 6 heteroatoms. The van der Waals surface area contributed by atoms with Crippen LogP contribution in [-0.2, 0) is 0 Å². The minimum absolute atomic E-state index is 0.00794. The van der Waals surface area contributed by atoms with Crippen LogP contribution < -0.4 is 10.6 Å². The van der Waals surface area contributed by atoms with Gasteiger partial charge in [0.2, 0.25) is 0 Å². The SMILES string of the molecule is Cc1cc(NCCN(C(C)C)C(C)C)nc(-c2ccc(C(=O)NC3CC3)cc2)n1. The summed E-state index contributed by atoms with van der Waals surface area (Å²) in [6, 6.07) is 10.9. The van der Waals surface area contributed by atoms with Crippen molar-refractivity contribution in [2.45, 2.75) is 65.6 Å². The zero-order chi connectivity index (χ0) is 21.0. The van der Waals surface area contributed by atoms with E-state index < -0.39 is 0 Å². The molecule has 1 aromatic heterocycles. The third-order valence-corrected chi connectivity index (χ3v) is 5.17. The van der Waals surface area contributed by atoms with Gasteiger partial charge in [-0.15, -0.1) is 0 Å². The van der Waals surface area contributed by atoms with Crippen molar-refractivity contribution in [2.75, 3.05) is 18.4 Å². The van der Waals surface area contributed by atoms with Crippen molar-refractivity contribution in [3.63, 3.8) is 0 Å². The van der Waals surface area contributed by atoms with Gasteiger partial charge in [-0.3, -0.25) is 9.69 Å². The number of hydrogen-bond acceptors (Lipinski definition) is 5. The summed E-state index contributed by atoms with van der Waals surface area (Å²) in [4.78, 5) is 23.9. The molecule has 0 spiro atoms. The maximum absolute atomic E-state index is 12.2. The fraction of sp³-hybridized carbons (Fsp3) is 0.522. The lowest BCUT2D eigenvalue weighted by atomic mass is 10.1. The van der Waals surface area contributed by atoms with Gasteiger partial charge < -0.3 is 10.6 Å². The number of amides is 1. The second kappa shape index (κ2) is 9.35. The number of anilines is 1. The Morgan fingerprint density at radius 3 is 2.34 bits per heavy atom. The molecule has 0 aliphatic heterocycles. The Bertz CT molecular complexity index is 820. The zero-order valence-electron chi connectivity index (χ0n) is 18.2. The largest absolute Gasteiger partial charge is 0.369 e. The van der Waals surface area contributed by atoms with Crippen molar-refractivity contribution in [2.24, 2.45) is 0 Å². The number of rotatable bonds is 9. The van der Waals surface area contributed by atoms with Crippen LogP contribution in [0.15, 0.2) is 30.3 Å². The summed E-state index contributed by atoms with van der Waals surface area (Å²) >= 11 is 0. The summed E-state index contributed by atoms with van der Waals surface area (Å²) in [7, 11) is 0. The molecule has 1 aliphatic rings. The molecule has 0 unspecified atom stereocenters. The topological polar surface area (TPSA) is 70.2 Å². The summed E-state index contributed by atoms with van der Waals surface area (Å²) in [5.41, 5.74) is 2.50. The van der Waals surface area contributed by atoms with Gasteiger partial charge in [0.05, 0.1) is 0 Å². The third kappa shape index (κ3) is 6.00. The van der Waals surface area contributed by atoms with Crippen molar-refractivity contribution in [3.05, 3.63) is 41.6 Å². The van der Waals surface area contributed by atoms with Crippen molar-refractivity contribution in [1.29, 1.82) is 0 Å². The average Bonchev–Trinajstić information content (AvgIpc) is 3.48. The highest BCUT2D eigenvalue weighted by Gasteiger charge is 2.23. The lowest BCUT2D eigenvalue weighted by molar-refractivity contribution is 0.0951. The fourth-order valence-electron chi connectivity index (χ4n) is 3.48. The molecule has 0 bridgehead atoms. The summed E-state index contributed by atoms with van der Waals surface area (Å²) in [6.45, 7) is 12.7. The van der Waals surface area contributed by atoms with Gasteiger partial charge in [0.1, 0.15) is 5.82 Å². The molecule has 1 aliphatic carbocycles. The Hall–Kier alpha value is -2.47. The van der Waals surface area contributed by atoms with Gasteiger partial charge in [0, 0.05) is 54.1 Å². The number of hydrogen-bond donors (Lipinski definition) is 2. The molecule has 156 valence electrons. The highest BCUT2D eigenvalue weighted by molar-refractivity contribution is 5.95. The van der Waals surface area contributed by atoms with E-state index in [2.05, 4.69) is 53.2 Å². The number of nitrogens with one attached hydrogen (secondary N) is 2. The summed E-state index contributed by atoms with van der Waals surface area (Å²) in [5, 5.41) is 6.45. The number of aromatic nitrogens is 2. The molecule has 1 fully saturated rings. The van der Waals surface area contributed by atoms with Crippen molar-refractivity contribution < 1.29 is 4.79 Å². The van der Waals surface area contributed by atoms with Gasteiger partial charge in [-0.05, 0) is 59.6 Å². The first-order valence-corrected chi connectivity index (χ1v) is 10.6. The van der Waals surface area contributed by atoms with Crippen LogP contribution in [0.4, 0.5) is 5.82 Å². The number of carbonyl (C=O) groups is 1. The van der Waals surface area contributed by atoms with Crippen LogP contribution in [0.2, 0.25) is 0 Å². The Labute approximate surface area is 174 Å². The molecule has 3 rings (SSSR count). The normalized spacial score (nSPS) is 13.9. The first-order valence-electron chi connectivity index (χ1n) is 10.6. The zero-order valence-corrected chi connectivity index (χ0v) is 18.2. The number of benzene rings is 1. The van der Waals surface area contributed by atoms with Gasteiger partial charge in [-0.1, -0.05) is 12.1 Å². The number of nitrogens with zero attached hydrogens (tertiary/aromatic N) is 3. The summed E-state index contributed by atoms with van der Waals surface area (Å²) < 4.78 is 0. The standard InChI is InChI=1S/C23H33N5O/c1-15(2)28(16(3)4)13-12-24-21-14-17(5)25-22(27-21)18-6-8-19(9-7-18)23(29)26-20-10-11-20/h6-9,14-16,20H,10-13H2,1-5H3,(H,26,29)(H,24,25,27). The average molecular weight is 396 g/mol. The van der Waals surface area contributed by atoms with Crippen LogP contribution in [0.5, 0.6) is 0 Å². The maximum Gasteiger partial charge on any atom is 0.251 e. The molecule has 1 aromatic carbocycles. The molecule has 1 heterocycles. The first kappa shape index (κ1) is 21.2. The predicted molar refractivity (Wildman–Crippen MR) is 118 cm³/mol. The quantitative estimate of drug-likeness (QED) is 0.674. The van der Waals surface area contributed by atoms with Gasteiger partial charge in [-0.2, -0.15) is 0 Å². The molecule has 1 amide bonds. The molecule has 0 saturated heterocycles. The second-order valence-corrected chi connectivity index (χ2v) is 8.40. The first-order chi connectivity index (χ1) is 13.8. The molecular weight excluding hydrogens is 362 g/mol. The van der Waals surface area contributed by atoms with E-state index in [1.54, 1.807) is 0 Å². The van der Waals surface area contributed by atoms with Crippen LogP contribution in [0, 0.1) is 6.92 Å². The summed E-state index contributed by atoms with van der Waals surface area (Å²) in [6.07, 6.45) is 2.17. The number of aryl methyl sites for hydroxylation is 1. The monoisotopic (exact) mass is 395 g/mol. The second-order valence-electron chi connectivity index (χ2n) is 8.40. The molecular formula is C23H33N5O. The van der Waals surface area contributed by atoms with Crippen molar-refractivity contribution in [1.82, 2.24) is 20.2 Å². The van der Waals surface area contributed by atoms with Crippen LogP contribution in [0.3, 0.4) is 0 Å². The molecule has 0 atom stereocenters. The Kier molecular flexibility index (Phi) is 6.85. The van der Waals surface area contributed by atoms with Crippen molar-refractivity contribution in [3.8, 4) is 11.4 Å². The van der Waals surface area contributed by atoms with E-state index >= 15 is 0 Å². The van der Waals surface area contributed by atoms with Gasteiger partial charge >= 0.3 is 0 Å². The van der Waals surface area contributed by atoms with Gasteiger partial charge in [0.25, 0.3) is 5.91 Å².